The van der Waals surface area contributed by atoms with Crippen LogP contribution in [-0.2, 0) is 4.74 Å². The average molecular weight is 521 g/mol. The summed E-state index contributed by atoms with van der Waals surface area (Å²) in [5.41, 5.74) is 6.66. The number of piperidine rings is 1. The van der Waals surface area contributed by atoms with Crippen molar-refractivity contribution in [3.63, 3.8) is 0 Å². The number of fused-ring (bicyclic) bond motifs is 1. The van der Waals surface area contributed by atoms with Crippen molar-refractivity contribution in [1.29, 1.82) is 0 Å². The first-order chi connectivity index (χ1) is 17.9. The Bertz CT molecular complexity index is 1600. The van der Waals surface area contributed by atoms with E-state index >= 15 is 0 Å². The lowest BCUT2D eigenvalue weighted by atomic mass is 9.73. The summed E-state index contributed by atoms with van der Waals surface area (Å²) in [6, 6.07) is 6.76. The lowest BCUT2D eigenvalue weighted by molar-refractivity contribution is 0.0974. The highest BCUT2D eigenvalue weighted by molar-refractivity contribution is 6.35. The molecular formula is C25H25ClN8O3. The van der Waals surface area contributed by atoms with E-state index < -0.39 is 11.2 Å². The number of nitrogens with zero attached hydrogens (tertiary/aromatic N) is 6. The molecule has 0 saturated carbocycles. The summed E-state index contributed by atoms with van der Waals surface area (Å²) in [6.07, 6.45) is 6.35. The summed E-state index contributed by atoms with van der Waals surface area (Å²) in [4.78, 5) is 48.4. The molecule has 0 unspecified atom stereocenters. The predicted octanol–water partition coefficient (Wildman–Crippen LogP) is 1.91. The molecule has 0 radical (unpaired) electrons. The quantitative estimate of drug-likeness (QED) is 0.413. The molecule has 190 valence electrons. The Morgan fingerprint density at radius 2 is 2.00 bits per heavy atom. The van der Waals surface area contributed by atoms with Crippen molar-refractivity contribution in [2.24, 2.45) is 11.1 Å². The van der Waals surface area contributed by atoms with Gasteiger partial charge in [-0.15, -0.1) is 0 Å². The summed E-state index contributed by atoms with van der Waals surface area (Å²) >= 11 is 6.64. The molecule has 11 nitrogen and oxygen atoms in total. The number of halogens is 1. The number of anilines is 1. The molecule has 12 heteroatoms. The molecule has 2 aliphatic heterocycles. The minimum absolute atomic E-state index is 0.00632. The van der Waals surface area contributed by atoms with Crippen LogP contribution in [0.5, 0.6) is 0 Å². The zero-order valence-corrected chi connectivity index (χ0v) is 20.9. The van der Waals surface area contributed by atoms with E-state index in [1.807, 2.05) is 6.92 Å². The van der Waals surface area contributed by atoms with Gasteiger partial charge in [-0.25, -0.2) is 29.3 Å². The van der Waals surface area contributed by atoms with Gasteiger partial charge in [0, 0.05) is 36.3 Å². The number of benzene rings is 1. The average Bonchev–Trinajstić information content (AvgIpc) is 3.18. The van der Waals surface area contributed by atoms with E-state index in [1.54, 1.807) is 36.7 Å². The van der Waals surface area contributed by atoms with Crippen molar-refractivity contribution in [2.75, 3.05) is 24.6 Å². The number of nitrogens with two attached hydrogens (primary N) is 1. The second kappa shape index (κ2) is 9.02. The van der Waals surface area contributed by atoms with Gasteiger partial charge in [0.05, 0.1) is 35.3 Å². The lowest BCUT2D eigenvalue weighted by Crippen LogP contribution is -2.50. The van der Waals surface area contributed by atoms with E-state index in [9.17, 15) is 9.59 Å². The Morgan fingerprint density at radius 1 is 1.19 bits per heavy atom. The maximum absolute atomic E-state index is 13.4. The first-order valence-electron chi connectivity index (χ1n) is 12.1. The summed E-state index contributed by atoms with van der Waals surface area (Å²) < 4.78 is 6.78. The van der Waals surface area contributed by atoms with E-state index in [2.05, 4.69) is 29.8 Å². The molecular weight excluding hydrogens is 496 g/mol. The number of ether oxygens (including phenoxy) is 1. The number of aromatic amines is 1. The smallest absolute Gasteiger partial charge is 0.334 e. The first kappa shape index (κ1) is 23.7. The maximum atomic E-state index is 13.4. The third-order valence-electron chi connectivity index (χ3n) is 7.60. The van der Waals surface area contributed by atoms with Crippen molar-refractivity contribution in [2.45, 2.75) is 31.9 Å². The van der Waals surface area contributed by atoms with Gasteiger partial charge in [0.25, 0.3) is 5.56 Å². The molecule has 5 heterocycles. The summed E-state index contributed by atoms with van der Waals surface area (Å²) in [5, 5.41) is 0.211. The van der Waals surface area contributed by atoms with Crippen LogP contribution in [0.3, 0.4) is 0 Å². The van der Waals surface area contributed by atoms with Crippen molar-refractivity contribution >= 4 is 28.6 Å². The van der Waals surface area contributed by atoms with E-state index in [0.717, 1.165) is 30.5 Å². The van der Waals surface area contributed by atoms with Gasteiger partial charge in [-0.1, -0.05) is 23.7 Å². The fourth-order valence-electron chi connectivity index (χ4n) is 5.34. The zero-order valence-electron chi connectivity index (χ0n) is 20.1. The minimum Gasteiger partial charge on any atom is -0.376 e. The van der Waals surface area contributed by atoms with Crippen molar-refractivity contribution in [3.8, 4) is 16.9 Å². The highest BCUT2D eigenvalue weighted by Crippen LogP contribution is 2.41. The van der Waals surface area contributed by atoms with Gasteiger partial charge in [-0.05, 0) is 31.9 Å². The maximum Gasteiger partial charge on any atom is 0.334 e. The zero-order chi connectivity index (χ0) is 25.7. The number of H-pyrrole nitrogens is 1. The Balaban J connectivity index is 1.34. The largest absolute Gasteiger partial charge is 0.376 e. The van der Waals surface area contributed by atoms with Crippen LogP contribution in [0.2, 0.25) is 5.02 Å². The van der Waals surface area contributed by atoms with Gasteiger partial charge in [-0.3, -0.25) is 9.78 Å². The molecule has 0 bridgehead atoms. The van der Waals surface area contributed by atoms with E-state index in [0.29, 0.717) is 23.7 Å². The van der Waals surface area contributed by atoms with Crippen molar-refractivity contribution < 1.29 is 4.74 Å². The van der Waals surface area contributed by atoms with Gasteiger partial charge in [-0.2, -0.15) is 0 Å². The number of hydrogen-bond acceptors (Lipinski definition) is 9. The molecule has 2 atom stereocenters. The van der Waals surface area contributed by atoms with Crippen LogP contribution in [0, 0.1) is 5.41 Å². The van der Waals surface area contributed by atoms with Gasteiger partial charge >= 0.3 is 5.69 Å². The van der Waals surface area contributed by atoms with Crippen molar-refractivity contribution in [3.05, 3.63) is 68.8 Å². The molecule has 2 saturated heterocycles. The normalized spacial score (nSPS) is 21.1. The summed E-state index contributed by atoms with van der Waals surface area (Å²) in [5.74, 6) is 0.597. The summed E-state index contributed by atoms with van der Waals surface area (Å²) in [6.45, 7) is 4.15. The fourth-order valence-corrected chi connectivity index (χ4v) is 5.65. The molecule has 0 amide bonds. The molecule has 3 N–H and O–H groups in total. The second-order valence-corrected chi connectivity index (χ2v) is 10.00. The second-order valence-electron chi connectivity index (χ2n) is 9.62. The van der Waals surface area contributed by atoms with E-state index in [1.165, 1.54) is 6.33 Å². The van der Waals surface area contributed by atoms with Crippen LogP contribution in [0.1, 0.15) is 19.8 Å². The molecule has 3 aromatic heterocycles. The fraction of sp³-hybridized carbons (Fsp3) is 0.360. The van der Waals surface area contributed by atoms with Crippen LogP contribution in [0.25, 0.3) is 28.1 Å². The predicted molar refractivity (Wildman–Crippen MR) is 139 cm³/mol. The highest BCUT2D eigenvalue weighted by Gasteiger charge is 2.47. The van der Waals surface area contributed by atoms with Crippen LogP contribution < -0.4 is 21.9 Å². The van der Waals surface area contributed by atoms with Crippen LogP contribution in [-0.4, -0.2) is 61.3 Å². The molecule has 1 aromatic carbocycles. The number of aromatic nitrogens is 6. The molecule has 2 fully saturated rings. The molecule has 6 rings (SSSR count). The van der Waals surface area contributed by atoms with Gasteiger partial charge < -0.3 is 15.4 Å². The van der Waals surface area contributed by atoms with Gasteiger partial charge in [0.1, 0.15) is 12.1 Å². The Labute approximate surface area is 216 Å². The first-order valence-corrected chi connectivity index (χ1v) is 12.5. The summed E-state index contributed by atoms with van der Waals surface area (Å²) in [7, 11) is 0. The molecule has 0 aliphatic carbocycles. The third kappa shape index (κ3) is 3.90. The van der Waals surface area contributed by atoms with Crippen LogP contribution in [0.4, 0.5) is 5.82 Å². The van der Waals surface area contributed by atoms with Gasteiger partial charge in [0.2, 0.25) is 0 Å². The SMILES string of the molecule is C[C@@H]1OCC2(CCN(c3cnc4c(=O)n(-c5cccc(-c6ccncn6)c5Cl)c(=O)[nH]c4n3)CC2)[C@@H]1N. The monoisotopic (exact) mass is 520 g/mol. The van der Waals surface area contributed by atoms with Gasteiger partial charge in [0.15, 0.2) is 11.2 Å². The highest BCUT2D eigenvalue weighted by atomic mass is 35.5. The van der Waals surface area contributed by atoms with Crippen molar-refractivity contribution in [1.82, 2.24) is 29.5 Å². The standard InChI is InChI=1S/C25H25ClN8O3/c1-14-21(27)25(12-37-14)6-9-33(10-7-25)18-11-29-20-22(31-18)32-24(36)34(23(20)35)17-4-2-3-15(19(17)26)16-5-8-28-13-30-16/h2-5,8,11,13-14,21H,6-7,9-10,12,27H2,1H3,(H,31,32,36)/t14-,21+/m0/s1. The van der Waals surface area contributed by atoms with E-state index in [4.69, 9.17) is 22.1 Å². The molecule has 2 aliphatic rings. The number of nitrogens with one attached hydrogen (secondary N) is 1. The molecule has 4 aromatic rings. The van der Waals surface area contributed by atoms with Crippen LogP contribution in [0.15, 0.2) is 52.6 Å². The third-order valence-corrected chi connectivity index (χ3v) is 8.00. The molecule has 37 heavy (non-hydrogen) atoms. The van der Waals surface area contributed by atoms with Crippen LogP contribution >= 0.6 is 11.6 Å². The Morgan fingerprint density at radius 3 is 2.70 bits per heavy atom. The number of rotatable bonds is 3. The Hall–Kier alpha value is -3.67. The number of hydrogen-bond donors (Lipinski definition) is 2. The van der Waals surface area contributed by atoms with E-state index in [-0.39, 0.29) is 39.4 Å². The lowest BCUT2D eigenvalue weighted by Gasteiger charge is -2.41. The Kier molecular flexibility index (Phi) is 5.78. The minimum atomic E-state index is -0.661. The topological polar surface area (TPSA) is 145 Å². The molecule has 1 spiro atoms.